The Kier molecular flexibility index (Phi) is 5.55. The van der Waals surface area contributed by atoms with Gasteiger partial charge in [-0.3, -0.25) is 4.79 Å². The molecule has 124 valence electrons. The number of hydrogen-bond acceptors (Lipinski definition) is 4. The molecule has 1 saturated heterocycles. The van der Waals surface area contributed by atoms with Gasteiger partial charge in [-0.25, -0.2) is 0 Å². The topological polar surface area (TPSA) is 65.0 Å². The Bertz CT molecular complexity index is 391. The first-order chi connectivity index (χ1) is 9.27. The number of alkyl halides is 1. The van der Waals surface area contributed by atoms with Crippen LogP contribution in [0.2, 0.25) is 18.1 Å². The lowest BCUT2D eigenvalue weighted by Crippen LogP contribution is -2.52. The van der Waals surface area contributed by atoms with Crippen LogP contribution in [-0.4, -0.2) is 49.4 Å². The third-order valence-corrected chi connectivity index (χ3v) is 9.07. The standard InChI is InChI=1S/C14H27ClO5Si/c1-13(2,3)21(6,7)20-11(10(15)12(16)17)9-8-18-14(4,5)19-9/h9-11H,8H2,1-7H3,(H,16,17)/t9?,10-,11+/m0/s1. The van der Waals surface area contributed by atoms with E-state index in [1.807, 2.05) is 0 Å². The van der Waals surface area contributed by atoms with Crippen molar-refractivity contribution in [1.82, 2.24) is 0 Å². The van der Waals surface area contributed by atoms with Gasteiger partial charge in [-0.2, -0.15) is 0 Å². The van der Waals surface area contributed by atoms with Gasteiger partial charge in [0.15, 0.2) is 19.5 Å². The van der Waals surface area contributed by atoms with Gasteiger partial charge in [-0.15, -0.1) is 11.6 Å². The maximum Gasteiger partial charge on any atom is 0.324 e. The number of rotatable bonds is 5. The van der Waals surface area contributed by atoms with Crippen molar-refractivity contribution in [3.05, 3.63) is 0 Å². The first kappa shape index (κ1) is 18.9. The Labute approximate surface area is 133 Å². The van der Waals surface area contributed by atoms with Crippen molar-refractivity contribution in [3.8, 4) is 0 Å². The summed E-state index contributed by atoms with van der Waals surface area (Å²) < 4.78 is 17.5. The average Bonchev–Trinajstić information content (AvgIpc) is 2.63. The van der Waals surface area contributed by atoms with Crippen LogP contribution in [0.4, 0.5) is 0 Å². The molecule has 0 aliphatic carbocycles. The van der Waals surface area contributed by atoms with Gasteiger partial charge in [0.05, 0.1) is 6.61 Å². The average molecular weight is 339 g/mol. The van der Waals surface area contributed by atoms with Gasteiger partial charge < -0.3 is 19.0 Å². The molecule has 3 atom stereocenters. The molecule has 0 aromatic carbocycles. The van der Waals surface area contributed by atoms with Gasteiger partial charge in [-0.05, 0) is 32.0 Å². The molecule has 0 amide bonds. The first-order valence-electron chi connectivity index (χ1n) is 7.13. The van der Waals surface area contributed by atoms with E-state index in [-0.39, 0.29) is 11.6 Å². The molecule has 1 unspecified atom stereocenters. The van der Waals surface area contributed by atoms with E-state index >= 15 is 0 Å². The summed E-state index contributed by atoms with van der Waals surface area (Å²) in [5, 5.41) is 8.04. The minimum atomic E-state index is -2.17. The Morgan fingerprint density at radius 1 is 1.43 bits per heavy atom. The molecular formula is C14H27ClO5Si. The molecule has 0 aromatic heterocycles. The summed E-state index contributed by atoms with van der Waals surface area (Å²) in [6.07, 6.45) is -1.21. The van der Waals surface area contributed by atoms with Gasteiger partial charge in [-0.1, -0.05) is 20.8 Å². The van der Waals surface area contributed by atoms with Crippen LogP contribution in [0.3, 0.4) is 0 Å². The van der Waals surface area contributed by atoms with Crippen molar-refractivity contribution in [2.45, 2.75) is 76.1 Å². The predicted octanol–water partition coefficient (Wildman–Crippen LogP) is 3.22. The molecule has 1 aliphatic heterocycles. The van der Waals surface area contributed by atoms with E-state index < -0.39 is 37.7 Å². The Hall–Kier alpha value is -0.143. The second-order valence-electron chi connectivity index (χ2n) is 7.45. The molecule has 5 nitrogen and oxygen atoms in total. The van der Waals surface area contributed by atoms with Crippen LogP contribution in [-0.2, 0) is 18.7 Å². The first-order valence-corrected chi connectivity index (χ1v) is 10.5. The van der Waals surface area contributed by atoms with E-state index in [0.29, 0.717) is 0 Å². The zero-order valence-corrected chi connectivity index (χ0v) is 15.7. The Morgan fingerprint density at radius 3 is 2.29 bits per heavy atom. The van der Waals surface area contributed by atoms with Crippen LogP contribution in [0.5, 0.6) is 0 Å². The molecule has 0 radical (unpaired) electrons. The van der Waals surface area contributed by atoms with Crippen molar-refractivity contribution in [3.63, 3.8) is 0 Å². The molecular weight excluding hydrogens is 312 g/mol. The number of aliphatic carboxylic acids is 1. The minimum absolute atomic E-state index is 0.0463. The van der Waals surface area contributed by atoms with Crippen LogP contribution >= 0.6 is 11.6 Å². The fourth-order valence-electron chi connectivity index (χ4n) is 1.86. The predicted molar refractivity (Wildman–Crippen MR) is 84.3 cm³/mol. The van der Waals surface area contributed by atoms with Crippen LogP contribution in [0.25, 0.3) is 0 Å². The molecule has 0 spiro atoms. The molecule has 1 fully saturated rings. The Morgan fingerprint density at radius 2 is 1.95 bits per heavy atom. The van der Waals surface area contributed by atoms with Crippen molar-refractivity contribution in [1.29, 1.82) is 0 Å². The summed E-state index contributed by atoms with van der Waals surface area (Å²) in [5.41, 5.74) is 0. The van der Waals surface area contributed by atoms with Gasteiger partial charge in [0, 0.05) is 0 Å². The van der Waals surface area contributed by atoms with E-state index in [2.05, 4.69) is 33.9 Å². The van der Waals surface area contributed by atoms with Gasteiger partial charge in [0.1, 0.15) is 12.2 Å². The molecule has 0 bridgehead atoms. The quantitative estimate of drug-likeness (QED) is 0.616. The SMILES string of the molecule is CC1(C)OCC([C@@H](O[Si](C)(C)C(C)(C)C)[C@H](Cl)C(=O)O)O1. The second-order valence-corrected chi connectivity index (χ2v) is 12.7. The molecule has 0 saturated carbocycles. The van der Waals surface area contributed by atoms with Crippen molar-refractivity contribution < 1.29 is 23.8 Å². The smallest absolute Gasteiger partial charge is 0.324 e. The third-order valence-electron chi connectivity index (χ3n) is 4.16. The van der Waals surface area contributed by atoms with Gasteiger partial charge >= 0.3 is 5.97 Å². The van der Waals surface area contributed by atoms with E-state index in [1.54, 1.807) is 13.8 Å². The van der Waals surface area contributed by atoms with Crippen LogP contribution in [0, 0.1) is 0 Å². The van der Waals surface area contributed by atoms with Gasteiger partial charge in [0.25, 0.3) is 0 Å². The highest BCUT2D eigenvalue weighted by Gasteiger charge is 2.48. The number of halogens is 1. The molecule has 21 heavy (non-hydrogen) atoms. The second kappa shape index (κ2) is 6.16. The van der Waals surface area contributed by atoms with Crippen LogP contribution in [0.15, 0.2) is 0 Å². The molecule has 1 heterocycles. The number of hydrogen-bond donors (Lipinski definition) is 1. The maximum atomic E-state index is 11.3. The summed E-state index contributed by atoms with van der Waals surface area (Å²) in [7, 11) is -2.17. The summed E-state index contributed by atoms with van der Waals surface area (Å²) in [5.74, 6) is -1.84. The Balaban J connectivity index is 2.97. The molecule has 0 aromatic rings. The summed E-state index contributed by atoms with van der Waals surface area (Å²) >= 11 is 6.07. The number of carboxylic acids is 1. The maximum absolute atomic E-state index is 11.3. The normalized spacial score (nSPS) is 25.6. The lowest BCUT2D eigenvalue weighted by atomic mass is 10.1. The summed E-state index contributed by atoms with van der Waals surface area (Å²) in [4.78, 5) is 11.3. The zero-order valence-electron chi connectivity index (χ0n) is 13.9. The molecule has 1 aliphatic rings. The minimum Gasteiger partial charge on any atom is -0.480 e. The molecule has 1 rings (SSSR count). The van der Waals surface area contributed by atoms with Crippen molar-refractivity contribution in [2.24, 2.45) is 0 Å². The fourth-order valence-corrected chi connectivity index (χ4v) is 3.48. The van der Waals surface area contributed by atoms with Crippen molar-refractivity contribution >= 4 is 25.9 Å². The number of ether oxygens (including phenoxy) is 2. The van der Waals surface area contributed by atoms with E-state index in [9.17, 15) is 9.90 Å². The van der Waals surface area contributed by atoms with E-state index in [1.165, 1.54) is 0 Å². The highest BCUT2D eigenvalue weighted by atomic mass is 35.5. The fraction of sp³-hybridized carbons (Fsp3) is 0.929. The largest absolute Gasteiger partial charge is 0.480 e. The number of carboxylic acid groups (broad SMARTS) is 1. The van der Waals surface area contributed by atoms with E-state index in [4.69, 9.17) is 25.5 Å². The van der Waals surface area contributed by atoms with Crippen LogP contribution < -0.4 is 0 Å². The van der Waals surface area contributed by atoms with E-state index in [0.717, 1.165) is 0 Å². The monoisotopic (exact) mass is 338 g/mol. The summed E-state index contributed by atoms with van der Waals surface area (Å²) in [6, 6.07) is 0. The highest BCUT2D eigenvalue weighted by Crippen LogP contribution is 2.39. The zero-order chi connectivity index (χ0) is 16.6. The lowest BCUT2D eigenvalue weighted by molar-refractivity contribution is -0.155. The third kappa shape index (κ3) is 4.66. The molecule has 1 N–H and O–H groups in total. The van der Waals surface area contributed by atoms with Crippen molar-refractivity contribution in [2.75, 3.05) is 6.61 Å². The molecule has 7 heteroatoms. The summed E-state index contributed by atoms with van der Waals surface area (Å²) in [6.45, 7) is 14.3. The van der Waals surface area contributed by atoms with Gasteiger partial charge in [0.2, 0.25) is 0 Å². The number of carbonyl (C=O) groups is 1. The lowest BCUT2D eigenvalue weighted by Gasteiger charge is -2.41. The van der Waals surface area contributed by atoms with Crippen LogP contribution in [0.1, 0.15) is 34.6 Å². The highest BCUT2D eigenvalue weighted by molar-refractivity contribution is 6.74.